The molecule has 1 unspecified atom stereocenters. The number of aliphatic hydroxyl groups is 1. The largest absolute Gasteiger partial charge is 0.481 e. The molecule has 1 atom stereocenters. The summed E-state index contributed by atoms with van der Waals surface area (Å²) in [5.74, 6) is 6.34. The van der Waals surface area contributed by atoms with E-state index < -0.39 is 6.10 Å². The Morgan fingerprint density at radius 3 is 2.22 bits per heavy atom. The van der Waals surface area contributed by atoms with Crippen LogP contribution in [0.15, 0.2) is 60.7 Å². The van der Waals surface area contributed by atoms with Gasteiger partial charge in [0.2, 0.25) is 0 Å². The normalized spacial score (nSPS) is 11.2. The Labute approximate surface area is 107 Å². The molecule has 0 saturated carbocycles. The third-order valence-corrected chi connectivity index (χ3v) is 2.41. The first-order valence-electron chi connectivity index (χ1n) is 5.75. The summed E-state index contributed by atoms with van der Waals surface area (Å²) in [6.45, 7) is 0.272. The second-order valence-corrected chi connectivity index (χ2v) is 3.74. The molecule has 0 aromatic heterocycles. The minimum atomic E-state index is -0.759. The Hall–Kier alpha value is -2.24. The van der Waals surface area contributed by atoms with Gasteiger partial charge in [-0.05, 0) is 17.7 Å². The predicted octanol–water partition coefficient (Wildman–Crippen LogP) is 2.80. The fourth-order valence-electron chi connectivity index (χ4n) is 1.49. The lowest BCUT2D eigenvalue weighted by Gasteiger charge is -2.03. The number of hydrogen-bond donors (Lipinski definition) is 1. The zero-order valence-corrected chi connectivity index (χ0v) is 9.91. The Kier molecular flexibility index (Phi) is 4.40. The third kappa shape index (κ3) is 3.65. The topological polar surface area (TPSA) is 29.5 Å². The zero-order chi connectivity index (χ0) is 12.6. The van der Waals surface area contributed by atoms with E-state index in [1.807, 2.05) is 60.7 Å². The molecule has 2 heteroatoms. The maximum Gasteiger partial charge on any atom is 0.149 e. The number of ether oxygens (including phenoxy) is 1. The molecule has 0 amide bonds. The van der Waals surface area contributed by atoms with Crippen molar-refractivity contribution in [3.8, 4) is 17.6 Å². The Morgan fingerprint density at radius 1 is 0.944 bits per heavy atom. The smallest absolute Gasteiger partial charge is 0.149 e. The first-order chi connectivity index (χ1) is 8.86. The van der Waals surface area contributed by atoms with Crippen LogP contribution in [0.2, 0.25) is 0 Å². The Morgan fingerprint density at radius 2 is 1.56 bits per heavy atom. The van der Waals surface area contributed by atoms with Gasteiger partial charge in [0.1, 0.15) is 18.5 Å². The summed E-state index contributed by atoms with van der Waals surface area (Å²) in [6, 6.07) is 18.8. The van der Waals surface area contributed by atoms with Gasteiger partial charge in [-0.15, -0.1) is 0 Å². The van der Waals surface area contributed by atoms with Crippen LogP contribution in [0.4, 0.5) is 0 Å². The maximum atomic E-state index is 9.79. The molecule has 18 heavy (non-hydrogen) atoms. The van der Waals surface area contributed by atoms with E-state index in [9.17, 15) is 5.11 Å². The number of para-hydroxylation sites is 1. The van der Waals surface area contributed by atoms with Crippen molar-refractivity contribution in [3.63, 3.8) is 0 Å². The number of hydrogen-bond acceptors (Lipinski definition) is 2. The number of benzene rings is 2. The van der Waals surface area contributed by atoms with Crippen molar-refractivity contribution >= 4 is 0 Å². The summed E-state index contributed by atoms with van der Waals surface area (Å²) in [6.07, 6.45) is -0.759. The van der Waals surface area contributed by atoms with Crippen LogP contribution < -0.4 is 4.74 Å². The zero-order valence-electron chi connectivity index (χ0n) is 9.91. The maximum absolute atomic E-state index is 9.79. The van der Waals surface area contributed by atoms with Gasteiger partial charge in [0.15, 0.2) is 0 Å². The van der Waals surface area contributed by atoms with Crippen molar-refractivity contribution in [1.29, 1.82) is 0 Å². The summed E-state index contributed by atoms with van der Waals surface area (Å²) >= 11 is 0. The lowest BCUT2D eigenvalue weighted by molar-refractivity contribution is 0.238. The van der Waals surface area contributed by atoms with Crippen LogP contribution in [0.1, 0.15) is 11.7 Å². The highest BCUT2D eigenvalue weighted by Gasteiger charge is 2.00. The molecular weight excluding hydrogens is 224 g/mol. The second kappa shape index (κ2) is 6.48. The van der Waals surface area contributed by atoms with Crippen molar-refractivity contribution in [1.82, 2.24) is 0 Å². The molecule has 2 aromatic carbocycles. The second-order valence-electron chi connectivity index (χ2n) is 3.74. The van der Waals surface area contributed by atoms with Gasteiger partial charge in [-0.2, -0.15) is 0 Å². The molecule has 2 rings (SSSR count). The minimum absolute atomic E-state index is 0.272. The summed E-state index contributed by atoms with van der Waals surface area (Å²) in [5, 5.41) is 9.79. The lowest BCUT2D eigenvalue weighted by atomic mass is 10.1. The molecule has 2 nitrogen and oxygen atoms in total. The highest BCUT2D eigenvalue weighted by atomic mass is 16.5. The van der Waals surface area contributed by atoms with Crippen LogP contribution >= 0.6 is 0 Å². The molecule has 0 aliphatic rings. The summed E-state index contributed by atoms with van der Waals surface area (Å²) in [7, 11) is 0. The van der Waals surface area contributed by atoms with Crippen LogP contribution in [0, 0.1) is 11.8 Å². The van der Waals surface area contributed by atoms with E-state index in [0.717, 1.165) is 11.3 Å². The van der Waals surface area contributed by atoms with Gasteiger partial charge in [-0.1, -0.05) is 60.4 Å². The van der Waals surface area contributed by atoms with Crippen molar-refractivity contribution in [3.05, 3.63) is 66.2 Å². The van der Waals surface area contributed by atoms with E-state index in [4.69, 9.17) is 4.74 Å². The standard InChI is InChI=1S/C16H14O2/c17-16(14-8-3-1-4-9-14)12-7-13-18-15-10-5-2-6-11-15/h1-6,8-11,16-17H,13H2. The van der Waals surface area contributed by atoms with E-state index in [2.05, 4.69) is 11.8 Å². The van der Waals surface area contributed by atoms with E-state index in [1.54, 1.807) is 0 Å². The fourth-order valence-corrected chi connectivity index (χ4v) is 1.49. The van der Waals surface area contributed by atoms with Crippen molar-refractivity contribution < 1.29 is 9.84 Å². The molecular formula is C16H14O2. The van der Waals surface area contributed by atoms with Gasteiger partial charge in [0, 0.05) is 0 Å². The van der Waals surface area contributed by atoms with Crippen molar-refractivity contribution in [2.75, 3.05) is 6.61 Å². The van der Waals surface area contributed by atoms with E-state index >= 15 is 0 Å². The molecule has 2 aromatic rings. The summed E-state index contributed by atoms with van der Waals surface area (Å²) in [4.78, 5) is 0. The van der Waals surface area contributed by atoms with Crippen LogP contribution in [-0.4, -0.2) is 11.7 Å². The van der Waals surface area contributed by atoms with Crippen LogP contribution in [0.3, 0.4) is 0 Å². The summed E-state index contributed by atoms with van der Waals surface area (Å²) < 4.78 is 5.41. The van der Waals surface area contributed by atoms with E-state index in [0.29, 0.717) is 0 Å². The minimum Gasteiger partial charge on any atom is -0.481 e. The van der Waals surface area contributed by atoms with Crippen LogP contribution in [0.25, 0.3) is 0 Å². The quantitative estimate of drug-likeness (QED) is 0.833. The number of aliphatic hydroxyl groups excluding tert-OH is 1. The monoisotopic (exact) mass is 238 g/mol. The average Bonchev–Trinajstić information content (AvgIpc) is 2.45. The first-order valence-corrected chi connectivity index (χ1v) is 5.75. The van der Waals surface area contributed by atoms with E-state index in [-0.39, 0.29) is 6.61 Å². The van der Waals surface area contributed by atoms with Crippen molar-refractivity contribution in [2.24, 2.45) is 0 Å². The SMILES string of the molecule is OC(C#CCOc1ccccc1)c1ccccc1. The fraction of sp³-hybridized carbons (Fsp3) is 0.125. The Balaban J connectivity index is 1.86. The molecule has 0 fully saturated rings. The highest BCUT2D eigenvalue weighted by Crippen LogP contribution is 2.10. The molecule has 0 aliphatic heterocycles. The molecule has 0 spiro atoms. The molecule has 0 bridgehead atoms. The molecule has 0 heterocycles. The van der Waals surface area contributed by atoms with Gasteiger partial charge in [-0.3, -0.25) is 0 Å². The van der Waals surface area contributed by atoms with Gasteiger partial charge < -0.3 is 9.84 Å². The molecule has 0 saturated heterocycles. The Bertz CT molecular complexity index is 523. The van der Waals surface area contributed by atoms with Gasteiger partial charge >= 0.3 is 0 Å². The van der Waals surface area contributed by atoms with Gasteiger partial charge in [0.25, 0.3) is 0 Å². The molecule has 0 aliphatic carbocycles. The van der Waals surface area contributed by atoms with E-state index in [1.165, 1.54) is 0 Å². The van der Waals surface area contributed by atoms with Crippen molar-refractivity contribution in [2.45, 2.75) is 6.10 Å². The lowest BCUT2D eigenvalue weighted by Crippen LogP contribution is -1.96. The van der Waals surface area contributed by atoms with Gasteiger partial charge in [-0.25, -0.2) is 0 Å². The molecule has 90 valence electrons. The highest BCUT2D eigenvalue weighted by molar-refractivity contribution is 5.25. The molecule has 1 N–H and O–H groups in total. The average molecular weight is 238 g/mol. The predicted molar refractivity (Wildman–Crippen MR) is 71.1 cm³/mol. The van der Waals surface area contributed by atoms with Crippen LogP contribution in [0.5, 0.6) is 5.75 Å². The third-order valence-electron chi connectivity index (χ3n) is 2.41. The van der Waals surface area contributed by atoms with Crippen LogP contribution in [-0.2, 0) is 0 Å². The van der Waals surface area contributed by atoms with Gasteiger partial charge in [0.05, 0.1) is 0 Å². The number of rotatable bonds is 3. The molecule has 0 radical (unpaired) electrons. The first kappa shape index (κ1) is 12.2. The summed E-state index contributed by atoms with van der Waals surface area (Å²) in [5.41, 5.74) is 0.796.